The molecule has 1 fully saturated rings. The van der Waals surface area contributed by atoms with Gasteiger partial charge in [-0.1, -0.05) is 30.3 Å². The molecule has 1 aliphatic carbocycles. The van der Waals surface area contributed by atoms with Gasteiger partial charge in [-0.25, -0.2) is 17.5 Å². The summed E-state index contributed by atoms with van der Waals surface area (Å²) < 4.78 is 40.9. The Morgan fingerprint density at radius 3 is 2.58 bits per heavy atom. The monoisotopic (exact) mass is 351 g/mol. The molecule has 4 rings (SSSR count). The summed E-state index contributed by atoms with van der Waals surface area (Å²) in [7, 11) is -3.67. The van der Waals surface area contributed by atoms with Crippen LogP contribution in [-0.4, -0.2) is 40.1 Å². The van der Waals surface area contributed by atoms with E-state index in [4.69, 9.17) is 5.11 Å². The molecule has 2 atom stereocenters. The number of fused-ring (bicyclic) bond motifs is 1. The number of aromatic nitrogens is 3. The average Bonchev–Trinajstić information content (AvgIpc) is 3.08. The number of benzene rings is 1. The van der Waals surface area contributed by atoms with Gasteiger partial charge in [0.05, 0.1) is 11.3 Å². The van der Waals surface area contributed by atoms with Gasteiger partial charge in [-0.3, -0.25) is 0 Å². The molecule has 0 unspecified atom stereocenters. The standard InChI is InChI=1S/C16H18FN3O3S/c17-13-8-14(11-4-2-1-3-5-11)20-15(13)18-16(19-20)24(22,23)12-6-10(7-12)9-21/h1-5,10,12-14,21H,6-9H2/t10?,12?,13-,14-/m0/s1. The van der Waals surface area contributed by atoms with Crippen LogP contribution in [0.4, 0.5) is 4.39 Å². The van der Waals surface area contributed by atoms with Crippen molar-refractivity contribution in [2.24, 2.45) is 5.92 Å². The van der Waals surface area contributed by atoms with E-state index in [2.05, 4.69) is 10.1 Å². The van der Waals surface area contributed by atoms with E-state index in [1.54, 1.807) is 0 Å². The van der Waals surface area contributed by atoms with Crippen LogP contribution in [0.3, 0.4) is 0 Å². The highest BCUT2D eigenvalue weighted by Crippen LogP contribution is 2.41. The smallest absolute Gasteiger partial charge is 0.267 e. The van der Waals surface area contributed by atoms with Crippen molar-refractivity contribution in [1.82, 2.24) is 14.8 Å². The summed E-state index contributed by atoms with van der Waals surface area (Å²) in [6.45, 7) is -0.0121. The summed E-state index contributed by atoms with van der Waals surface area (Å²) in [5, 5.41) is 12.3. The number of nitrogens with zero attached hydrogens (tertiary/aromatic N) is 3. The van der Waals surface area contributed by atoms with E-state index in [-0.39, 0.29) is 36.0 Å². The molecule has 0 spiro atoms. The second kappa shape index (κ2) is 5.63. The van der Waals surface area contributed by atoms with Gasteiger partial charge >= 0.3 is 0 Å². The number of rotatable bonds is 4. The fraction of sp³-hybridized carbons (Fsp3) is 0.500. The van der Waals surface area contributed by atoms with Crippen LogP contribution in [0.1, 0.15) is 42.9 Å². The van der Waals surface area contributed by atoms with Crippen LogP contribution in [0.5, 0.6) is 0 Å². The highest BCUT2D eigenvalue weighted by Gasteiger charge is 2.44. The van der Waals surface area contributed by atoms with E-state index in [1.165, 1.54) is 4.68 Å². The minimum absolute atomic E-state index is 0.0121. The molecule has 1 aliphatic heterocycles. The lowest BCUT2D eigenvalue weighted by atomic mass is 9.86. The Hall–Kier alpha value is -1.80. The van der Waals surface area contributed by atoms with Crippen LogP contribution in [-0.2, 0) is 9.84 Å². The lowest BCUT2D eigenvalue weighted by Gasteiger charge is -2.32. The first-order valence-corrected chi connectivity index (χ1v) is 9.55. The van der Waals surface area contributed by atoms with Gasteiger partial charge in [-0.05, 0) is 24.3 Å². The Morgan fingerprint density at radius 1 is 1.21 bits per heavy atom. The Morgan fingerprint density at radius 2 is 1.92 bits per heavy atom. The zero-order valence-electron chi connectivity index (χ0n) is 12.9. The molecular formula is C16H18FN3O3S. The van der Waals surface area contributed by atoms with Crippen LogP contribution in [0.15, 0.2) is 35.5 Å². The molecule has 24 heavy (non-hydrogen) atoms. The molecule has 8 heteroatoms. The Kier molecular flexibility index (Phi) is 3.69. The first-order chi connectivity index (χ1) is 11.5. The number of alkyl halides is 1. The van der Waals surface area contributed by atoms with E-state index in [9.17, 15) is 12.8 Å². The quantitative estimate of drug-likeness (QED) is 0.908. The Bertz CT molecular complexity index is 847. The first-order valence-electron chi connectivity index (χ1n) is 8.01. The lowest BCUT2D eigenvalue weighted by Crippen LogP contribution is -2.38. The van der Waals surface area contributed by atoms with Crippen molar-refractivity contribution < 1.29 is 17.9 Å². The number of hydrogen-bond donors (Lipinski definition) is 1. The molecule has 0 radical (unpaired) electrons. The van der Waals surface area contributed by atoms with Gasteiger partial charge in [0.25, 0.3) is 5.16 Å². The third-order valence-electron chi connectivity index (χ3n) is 4.97. The van der Waals surface area contributed by atoms with E-state index in [0.29, 0.717) is 12.8 Å². The minimum Gasteiger partial charge on any atom is -0.396 e. The molecule has 1 aromatic carbocycles. The molecule has 6 nitrogen and oxygen atoms in total. The Labute approximate surface area is 139 Å². The third-order valence-corrected chi connectivity index (χ3v) is 6.92. The van der Waals surface area contributed by atoms with Crippen molar-refractivity contribution in [2.75, 3.05) is 6.61 Å². The predicted octanol–water partition coefficient (Wildman–Crippen LogP) is 1.83. The summed E-state index contributed by atoms with van der Waals surface area (Å²) >= 11 is 0. The van der Waals surface area contributed by atoms with E-state index in [0.717, 1.165) is 5.56 Å². The predicted molar refractivity (Wildman–Crippen MR) is 83.9 cm³/mol. The van der Waals surface area contributed by atoms with Crippen LogP contribution < -0.4 is 0 Å². The molecule has 0 saturated heterocycles. The summed E-state index contributed by atoms with van der Waals surface area (Å²) in [6.07, 6.45) is -0.290. The SMILES string of the molecule is O=S(=O)(c1nc2n(n1)[C@H](c1ccccc1)C[C@@H]2F)C1CC(CO)C1. The van der Waals surface area contributed by atoms with Gasteiger partial charge in [0.15, 0.2) is 12.0 Å². The molecule has 0 bridgehead atoms. The maximum absolute atomic E-state index is 14.3. The number of aliphatic hydroxyl groups excluding tert-OH is 1. The summed E-state index contributed by atoms with van der Waals surface area (Å²) in [6, 6.07) is 9.01. The van der Waals surface area contributed by atoms with Gasteiger partial charge in [-0.15, -0.1) is 5.10 Å². The highest BCUT2D eigenvalue weighted by molar-refractivity contribution is 7.91. The second-order valence-electron chi connectivity index (χ2n) is 6.51. The van der Waals surface area contributed by atoms with Crippen molar-refractivity contribution in [3.05, 3.63) is 41.7 Å². The minimum atomic E-state index is -3.67. The van der Waals surface area contributed by atoms with Gasteiger partial charge in [0.2, 0.25) is 9.84 Å². The average molecular weight is 351 g/mol. The summed E-state index contributed by atoms with van der Waals surface area (Å²) in [5.41, 5.74) is 0.886. The van der Waals surface area contributed by atoms with Crippen molar-refractivity contribution in [3.8, 4) is 0 Å². The second-order valence-corrected chi connectivity index (χ2v) is 8.64. The van der Waals surface area contributed by atoms with Crippen molar-refractivity contribution >= 4 is 9.84 Å². The van der Waals surface area contributed by atoms with Crippen LogP contribution >= 0.6 is 0 Å². The number of aliphatic hydroxyl groups is 1. The molecule has 2 aromatic rings. The van der Waals surface area contributed by atoms with E-state index >= 15 is 0 Å². The highest BCUT2D eigenvalue weighted by atomic mass is 32.2. The van der Waals surface area contributed by atoms with Gasteiger partial charge < -0.3 is 5.11 Å². The first kappa shape index (κ1) is 15.7. The van der Waals surface area contributed by atoms with E-state index in [1.807, 2.05) is 30.3 Å². The van der Waals surface area contributed by atoms with Gasteiger partial charge in [0.1, 0.15) is 0 Å². The fourth-order valence-corrected chi connectivity index (χ4v) is 5.23. The molecular weight excluding hydrogens is 333 g/mol. The van der Waals surface area contributed by atoms with Gasteiger partial charge in [-0.2, -0.15) is 4.98 Å². The van der Waals surface area contributed by atoms with Crippen LogP contribution in [0.2, 0.25) is 0 Å². The van der Waals surface area contributed by atoms with Crippen molar-refractivity contribution in [1.29, 1.82) is 0 Å². The zero-order chi connectivity index (χ0) is 16.9. The van der Waals surface area contributed by atoms with Crippen molar-refractivity contribution in [2.45, 2.75) is 41.9 Å². The maximum atomic E-state index is 14.3. The van der Waals surface area contributed by atoms with Crippen molar-refractivity contribution in [3.63, 3.8) is 0 Å². The topological polar surface area (TPSA) is 85.1 Å². The van der Waals surface area contributed by atoms with E-state index < -0.39 is 21.3 Å². The summed E-state index contributed by atoms with van der Waals surface area (Å²) in [5.74, 6) is 0.102. The number of halogens is 1. The largest absolute Gasteiger partial charge is 0.396 e. The maximum Gasteiger partial charge on any atom is 0.267 e. The summed E-state index contributed by atoms with van der Waals surface area (Å²) in [4.78, 5) is 4.00. The van der Waals surface area contributed by atoms with Crippen LogP contribution in [0, 0.1) is 5.92 Å². The lowest BCUT2D eigenvalue weighted by molar-refractivity contribution is 0.165. The third kappa shape index (κ3) is 2.36. The molecule has 1 aromatic heterocycles. The number of sulfone groups is 1. The Balaban J connectivity index is 1.66. The van der Waals surface area contributed by atoms with Crippen LogP contribution in [0.25, 0.3) is 0 Å². The number of hydrogen-bond acceptors (Lipinski definition) is 5. The fourth-order valence-electron chi connectivity index (χ4n) is 3.46. The zero-order valence-corrected chi connectivity index (χ0v) is 13.7. The molecule has 0 amide bonds. The molecule has 2 heterocycles. The van der Waals surface area contributed by atoms with Gasteiger partial charge in [0, 0.05) is 13.0 Å². The molecule has 1 saturated carbocycles. The molecule has 2 aliphatic rings. The molecule has 128 valence electrons. The normalized spacial score (nSPS) is 29.2. The molecule has 1 N–H and O–H groups in total.